The summed E-state index contributed by atoms with van der Waals surface area (Å²) in [4.78, 5) is 0. The molecule has 3 spiro atoms. The fourth-order valence-electron chi connectivity index (χ4n) is 12.1. The molecule has 7 aliphatic carbocycles. The first kappa shape index (κ1) is 24.4. The van der Waals surface area contributed by atoms with Gasteiger partial charge in [0.25, 0.3) is 0 Å². The van der Waals surface area contributed by atoms with Gasteiger partial charge in [0.05, 0.1) is 20.3 Å². The van der Waals surface area contributed by atoms with Crippen LogP contribution in [0.5, 0.6) is 17.2 Å². The van der Waals surface area contributed by atoms with Crippen LogP contribution in [0.2, 0.25) is 0 Å². The highest BCUT2D eigenvalue weighted by atomic mass is 16.6. The second kappa shape index (κ2) is 7.58. The molecule has 5 heteroatoms. The van der Waals surface area contributed by atoms with Crippen LogP contribution in [0.1, 0.15) is 87.0 Å². The van der Waals surface area contributed by atoms with Gasteiger partial charge < -0.3 is 24.1 Å². The van der Waals surface area contributed by atoms with Crippen molar-refractivity contribution in [2.75, 3.05) is 21.3 Å². The lowest BCUT2D eigenvalue weighted by atomic mass is 9.36. The van der Waals surface area contributed by atoms with Gasteiger partial charge >= 0.3 is 0 Å². The molecule has 212 valence electrons. The Morgan fingerprint density at radius 1 is 0.925 bits per heavy atom. The van der Waals surface area contributed by atoms with Gasteiger partial charge in [-0.25, -0.2) is 0 Å². The number of benzene rings is 2. The lowest BCUT2D eigenvalue weighted by Gasteiger charge is -2.67. The van der Waals surface area contributed by atoms with E-state index in [4.69, 9.17) is 18.9 Å². The Kier molecular flexibility index (Phi) is 4.62. The van der Waals surface area contributed by atoms with Gasteiger partial charge in [-0.1, -0.05) is 31.0 Å². The van der Waals surface area contributed by atoms with Gasteiger partial charge in [0.15, 0.2) is 11.5 Å². The van der Waals surface area contributed by atoms with Crippen molar-refractivity contribution < 1.29 is 24.1 Å². The Bertz CT molecular complexity index is 1400. The van der Waals surface area contributed by atoms with Gasteiger partial charge in [-0.2, -0.15) is 0 Å². The zero-order chi connectivity index (χ0) is 27.1. The van der Waals surface area contributed by atoms with Crippen molar-refractivity contribution in [2.45, 2.75) is 93.9 Å². The topological polar surface area (TPSA) is 57.2 Å². The Balaban J connectivity index is 1.25. The lowest BCUT2D eigenvalue weighted by Crippen LogP contribution is -2.70. The first-order chi connectivity index (χ1) is 19.4. The quantitative estimate of drug-likeness (QED) is 0.431. The monoisotopic (exact) mass is 542 g/mol. The molecule has 8 aliphatic rings. The van der Waals surface area contributed by atoms with Crippen LogP contribution >= 0.6 is 0 Å². The second-order valence-electron chi connectivity index (χ2n) is 14.7. The molecule has 6 fully saturated rings. The summed E-state index contributed by atoms with van der Waals surface area (Å²) in [5.41, 5.74) is 4.31. The molecule has 1 aliphatic heterocycles. The van der Waals surface area contributed by atoms with Crippen molar-refractivity contribution in [3.8, 4) is 17.2 Å². The van der Waals surface area contributed by atoms with Crippen LogP contribution in [0.25, 0.3) is 0 Å². The molecule has 4 bridgehead atoms. The number of hydrogen-bond acceptors (Lipinski definition) is 5. The van der Waals surface area contributed by atoms with Gasteiger partial charge in [0.1, 0.15) is 17.5 Å². The summed E-state index contributed by atoms with van der Waals surface area (Å²) in [7, 11) is 5.36. The summed E-state index contributed by atoms with van der Waals surface area (Å²) >= 11 is 0. The van der Waals surface area contributed by atoms with Gasteiger partial charge in [-0.15, -0.1) is 0 Å². The predicted molar refractivity (Wildman–Crippen MR) is 151 cm³/mol. The van der Waals surface area contributed by atoms with E-state index in [0.717, 1.165) is 54.4 Å². The third kappa shape index (κ3) is 2.57. The number of aliphatic hydroxyl groups is 1. The highest BCUT2D eigenvalue weighted by Gasteiger charge is 2.89. The summed E-state index contributed by atoms with van der Waals surface area (Å²) in [5.74, 6) is 3.75. The van der Waals surface area contributed by atoms with E-state index in [2.05, 4.69) is 24.3 Å². The van der Waals surface area contributed by atoms with Crippen molar-refractivity contribution in [3.63, 3.8) is 0 Å². The van der Waals surface area contributed by atoms with Gasteiger partial charge in [0, 0.05) is 18.1 Å². The van der Waals surface area contributed by atoms with E-state index in [0.29, 0.717) is 10.8 Å². The third-order valence-corrected chi connectivity index (χ3v) is 13.7. The maximum absolute atomic E-state index is 12.1. The molecule has 40 heavy (non-hydrogen) atoms. The average Bonchev–Trinajstić information content (AvgIpc) is 3.89. The number of aliphatic hydroxyl groups excluding tert-OH is 1. The molecule has 0 radical (unpaired) electrons. The minimum Gasteiger partial charge on any atom is -0.497 e. The van der Waals surface area contributed by atoms with Crippen molar-refractivity contribution >= 4 is 0 Å². The smallest absolute Gasteiger partial charge is 0.165 e. The minimum absolute atomic E-state index is 0.0337. The van der Waals surface area contributed by atoms with Crippen LogP contribution in [0.15, 0.2) is 36.4 Å². The molecule has 6 saturated carbocycles. The molecule has 3 unspecified atom stereocenters. The number of fused-ring (bicyclic) bond motifs is 3. The van der Waals surface area contributed by atoms with E-state index in [1.807, 2.05) is 19.2 Å². The zero-order valence-corrected chi connectivity index (χ0v) is 24.1. The number of hydrogen-bond donors (Lipinski definition) is 1. The Morgan fingerprint density at radius 3 is 2.48 bits per heavy atom. The zero-order valence-electron chi connectivity index (χ0n) is 24.1. The summed E-state index contributed by atoms with van der Waals surface area (Å²) < 4.78 is 25.2. The highest BCUT2D eigenvalue weighted by molar-refractivity contribution is 5.65. The van der Waals surface area contributed by atoms with Crippen LogP contribution in [0, 0.1) is 28.1 Å². The molecule has 0 amide bonds. The number of ether oxygens (including phenoxy) is 4. The Morgan fingerprint density at radius 2 is 1.75 bits per heavy atom. The summed E-state index contributed by atoms with van der Waals surface area (Å²) in [6.07, 6.45) is 12.7. The third-order valence-electron chi connectivity index (χ3n) is 13.7. The van der Waals surface area contributed by atoms with Crippen molar-refractivity contribution in [1.29, 1.82) is 0 Å². The molecule has 2 aromatic carbocycles. The summed E-state index contributed by atoms with van der Waals surface area (Å²) in [6.45, 7) is 0. The van der Waals surface area contributed by atoms with Crippen molar-refractivity contribution in [3.05, 3.63) is 53.1 Å². The average molecular weight is 543 g/mol. The molecule has 2 aromatic rings. The van der Waals surface area contributed by atoms with E-state index < -0.39 is 11.7 Å². The van der Waals surface area contributed by atoms with Crippen LogP contribution in [0.4, 0.5) is 0 Å². The van der Waals surface area contributed by atoms with E-state index >= 15 is 0 Å². The van der Waals surface area contributed by atoms with Crippen LogP contribution < -0.4 is 14.2 Å². The molecule has 1 heterocycles. The van der Waals surface area contributed by atoms with Crippen LogP contribution in [0.3, 0.4) is 0 Å². The van der Waals surface area contributed by atoms with Crippen LogP contribution in [-0.2, 0) is 16.6 Å². The lowest BCUT2D eigenvalue weighted by molar-refractivity contribution is -0.201. The summed E-state index contributed by atoms with van der Waals surface area (Å²) in [5, 5.41) is 12.1. The standard InChI is InChI=1S/C35H42O5/c1-37-25-9-6-22(7-10-25)28(36)24-17-32(39-3)13-14-33(19-24)34-18-23-8-11-26(38-2)29-27(23)35(33,30(32)40-29)15-12-31(34,20-34)16-21-4-5-21/h6-11,21,24,28,30,36H,4-5,12-20H2,1-3H3/t24?,28-,30+,31?,32-,33-,34?,35+/m1/s1. The fraction of sp³-hybridized carbons (Fsp3) is 0.657. The van der Waals surface area contributed by atoms with Crippen molar-refractivity contribution in [1.82, 2.24) is 0 Å². The van der Waals surface area contributed by atoms with E-state index in [9.17, 15) is 5.11 Å². The second-order valence-corrected chi connectivity index (χ2v) is 14.7. The van der Waals surface area contributed by atoms with Gasteiger partial charge in [0.2, 0.25) is 0 Å². The largest absolute Gasteiger partial charge is 0.497 e. The molecule has 1 N–H and O–H groups in total. The summed E-state index contributed by atoms with van der Waals surface area (Å²) in [6, 6.07) is 12.6. The maximum Gasteiger partial charge on any atom is 0.165 e. The number of rotatable bonds is 7. The van der Waals surface area contributed by atoms with Gasteiger partial charge in [-0.05, 0) is 115 Å². The Hall–Kier alpha value is -2.24. The fourth-order valence-corrected chi connectivity index (χ4v) is 12.1. The normalized spacial score (nSPS) is 43.7. The first-order valence-electron chi connectivity index (χ1n) is 15.6. The maximum atomic E-state index is 12.1. The molecule has 8 atom stereocenters. The van der Waals surface area contributed by atoms with Crippen molar-refractivity contribution in [2.24, 2.45) is 28.1 Å². The van der Waals surface area contributed by atoms with E-state index in [1.54, 1.807) is 14.2 Å². The molecular weight excluding hydrogens is 500 g/mol. The molecule has 5 nitrogen and oxygen atoms in total. The Labute approximate surface area is 237 Å². The first-order valence-corrected chi connectivity index (χ1v) is 15.6. The molecule has 0 saturated heterocycles. The van der Waals surface area contributed by atoms with Crippen LogP contribution in [-0.4, -0.2) is 38.1 Å². The van der Waals surface area contributed by atoms with E-state index in [-0.39, 0.29) is 22.9 Å². The molecule has 10 rings (SSSR count). The van der Waals surface area contributed by atoms with E-state index in [1.165, 1.54) is 56.1 Å². The highest BCUT2D eigenvalue weighted by Crippen LogP contribution is 2.92. The minimum atomic E-state index is -0.537. The predicted octanol–water partition coefficient (Wildman–Crippen LogP) is 6.54. The molecule has 0 aromatic heterocycles. The number of methoxy groups -OCH3 is 3. The molecular formula is C35H42O5. The van der Waals surface area contributed by atoms with Gasteiger partial charge in [-0.3, -0.25) is 0 Å². The SMILES string of the molecule is COc1ccc([C@@H](O)C2C[C@]3(OC)CC[C@@]4(C2)C25Cc6ccc(OC)c7c6[C@@]4(CCC2(CC2CC2)C5)[C@H]3O7)cc1.